The molecular weight excluding hydrogens is 442 g/mol. The summed E-state index contributed by atoms with van der Waals surface area (Å²) in [4.78, 5) is 14.8. The Balaban J connectivity index is 1.53. The molecule has 2 aromatic carbocycles. The summed E-state index contributed by atoms with van der Waals surface area (Å²) in [5, 5.41) is 2.95. The van der Waals surface area contributed by atoms with Crippen molar-refractivity contribution in [3.8, 4) is 11.5 Å². The second kappa shape index (κ2) is 12.0. The minimum absolute atomic E-state index is 0.00385. The summed E-state index contributed by atoms with van der Waals surface area (Å²) in [5.74, 6) is 0.743. The smallest absolute Gasteiger partial charge is 0.240 e. The molecule has 0 aromatic heterocycles. The molecule has 0 saturated carbocycles. The van der Waals surface area contributed by atoms with Gasteiger partial charge in [-0.1, -0.05) is 44.2 Å². The van der Waals surface area contributed by atoms with E-state index in [2.05, 4.69) is 40.9 Å². The molecule has 0 aliphatic carbocycles. The van der Waals surface area contributed by atoms with Crippen molar-refractivity contribution in [1.29, 1.82) is 0 Å². The maximum Gasteiger partial charge on any atom is 0.240 e. The molecule has 8 nitrogen and oxygen atoms in total. The molecule has 2 aromatic rings. The van der Waals surface area contributed by atoms with Crippen LogP contribution in [0, 0.1) is 0 Å². The lowest BCUT2D eigenvalue weighted by Crippen LogP contribution is -2.39. The Morgan fingerprint density at radius 3 is 2.42 bits per heavy atom. The van der Waals surface area contributed by atoms with Gasteiger partial charge in [0.15, 0.2) is 11.5 Å². The van der Waals surface area contributed by atoms with Crippen LogP contribution in [-0.4, -0.2) is 58.6 Å². The summed E-state index contributed by atoms with van der Waals surface area (Å²) in [6, 6.07) is 14.6. The summed E-state index contributed by atoms with van der Waals surface area (Å²) in [7, 11) is -3.77. The first kappa shape index (κ1) is 25.0. The number of sulfonamides is 1. The predicted molar refractivity (Wildman–Crippen MR) is 127 cm³/mol. The Bertz CT molecular complexity index is 1010. The van der Waals surface area contributed by atoms with E-state index in [9.17, 15) is 13.2 Å². The van der Waals surface area contributed by atoms with Crippen LogP contribution in [0.2, 0.25) is 0 Å². The van der Waals surface area contributed by atoms with Crippen molar-refractivity contribution in [2.45, 2.75) is 37.6 Å². The highest BCUT2D eigenvalue weighted by Crippen LogP contribution is 2.31. The highest BCUT2D eigenvalue weighted by molar-refractivity contribution is 7.89. The van der Waals surface area contributed by atoms with Crippen LogP contribution in [-0.2, 0) is 14.8 Å². The van der Waals surface area contributed by atoms with E-state index in [4.69, 9.17) is 9.47 Å². The van der Waals surface area contributed by atoms with Crippen molar-refractivity contribution in [1.82, 2.24) is 14.9 Å². The number of nitrogens with one attached hydrogen (secondary N) is 2. The standard InChI is InChI=1S/C24H33N3O5S/c1-3-27(4-2)21(19-9-6-5-7-10-19)18-25-24(28)13-14-26-33(29,30)20-11-12-22-23(17-20)32-16-8-15-31-22/h5-7,9-12,17,21,26H,3-4,8,13-16,18H2,1-2H3,(H,25,28). The van der Waals surface area contributed by atoms with Crippen molar-refractivity contribution in [3.63, 3.8) is 0 Å². The second-order valence-corrected chi connectivity index (χ2v) is 9.53. The minimum atomic E-state index is -3.77. The SMILES string of the molecule is CCN(CC)C(CNC(=O)CCNS(=O)(=O)c1ccc2c(c1)OCCCO2)c1ccccc1. The molecule has 0 bridgehead atoms. The second-order valence-electron chi connectivity index (χ2n) is 7.76. The molecule has 0 spiro atoms. The molecule has 0 radical (unpaired) electrons. The van der Waals surface area contributed by atoms with Crippen molar-refractivity contribution < 1.29 is 22.7 Å². The number of hydrogen-bond acceptors (Lipinski definition) is 6. The van der Waals surface area contributed by atoms with Gasteiger partial charge in [-0.05, 0) is 30.8 Å². The quantitative estimate of drug-likeness (QED) is 0.519. The molecule has 180 valence electrons. The van der Waals surface area contributed by atoms with E-state index >= 15 is 0 Å². The third-order valence-electron chi connectivity index (χ3n) is 5.60. The molecule has 0 saturated heterocycles. The lowest BCUT2D eigenvalue weighted by molar-refractivity contribution is -0.121. The Kier molecular flexibility index (Phi) is 9.11. The molecular formula is C24H33N3O5S. The van der Waals surface area contributed by atoms with Gasteiger partial charge in [0.05, 0.1) is 24.2 Å². The molecule has 1 unspecified atom stereocenters. The zero-order chi connectivity index (χ0) is 23.7. The maximum absolute atomic E-state index is 12.7. The zero-order valence-corrected chi connectivity index (χ0v) is 20.1. The maximum atomic E-state index is 12.7. The van der Waals surface area contributed by atoms with Gasteiger partial charge < -0.3 is 14.8 Å². The van der Waals surface area contributed by atoms with Gasteiger partial charge in [0.1, 0.15) is 0 Å². The van der Waals surface area contributed by atoms with E-state index in [0.29, 0.717) is 31.3 Å². The van der Waals surface area contributed by atoms with Crippen LogP contribution < -0.4 is 19.5 Å². The number of carbonyl (C=O) groups is 1. The van der Waals surface area contributed by atoms with Crippen molar-refractivity contribution in [2.75, 3.05) is 39.4 Å². The number of fused-ring (bicyclic) bond motifs is 1. The van der Waals surface area contributed by atoms with Crippen LogP contribution in [0.1, 0.15) is 38.3 Å². The first-order valence-corrected chi connectivity index (χ1v) is 12.9. The Hall–Kier alpha value is -2.62. The zero-order valence-electron chi connectivity index (χ0n) is 19.2. The fourth-order valence-electron chi connectivity index (χ4n) is 3.79. The Labute approximate surface area is 196 Å². The van der Waals surface area contributed by atoms with Gasteiger partial charge in [-0.15, -0.1) is 0 Å². The molecule has 0 fully saturated rings. The van der Waals surface area contributed by atoms with Crippen LogP contribution in [0.25, 0.3) is 0 Å². The molecule has 33 heavy (non-hydrogen) atoms. The first-order chi connectivity index (χ1) is 15.9. The number of ether oxygens (including phenoxy) is 2. The number of nitrogens with zero attached hydrogens (tertiary/aromatic N) is 1. The monoisotopic (exact) mass is 475 g/mol. The molecule has 1 atom stereocenters. The van der Waals surface area contributed by atoms with Crippen molar-refractivity contribution in [2.24, 2.45) is 0 Å². The molecule has 3 rings (SSSR count). The van der Waals surface area contributed by atoms with Gasteiger partial charge in [-0.3, -0.25) is 9.69 Å². The van der Waals surface area contributed by atoms with E-state index in [1.165, 1.54) is 12.1 Å². The molecule has 1 amide bonds. The average Bonchev–Trinajstić information content (AvgIpc) is 3.07. The largest absolute Gasteiger partial charge is 0.490 e. The van der Waals surface area contributed by atoms with Gasteiger partial charge >= 0.3 is 0 Å². The van der Waals surface area contributed by atoms with Gasteiger partial charge in [0.2, 0.25) is 15.9 Å². The number of amides is 1. The molecule has 9 heteroatoms. The fraction of sp³-hybridized carbons (Fsp3) is 0.458. The summed E-state index contributed by atoms with van der Waals surface area (Å²) in [5.41, 5.74) is 1.14. The fourth-order valence-corrected chi connectivity index (χ4v) is 4.84. The highest BCUT2D eigenvalue weighted by atomic mass is 32.2. The van der Waals surface area contributed by atoms with E-state index in [1.807, 2.05) is 18.2 Å². The normalized spacial score (nSPS) is 14.5. The van der Waals surface area contributed by atoms with Gasteiger partial charge in [-0.25, -0.2) is 13.1 Å². The molecule has 1 aliphatic rings. The van der Waals surface area contributed by atoms with E-state index in [0.717, 1.165) is 25.1 Å². The molecule has 1 aliphatic heterocycles. The first-order valence-electron chi connectivity index (χ1n) is 11.4. The average molecular weight is 476 g/mol. The summed E-state index contributed by atoms with van der Waals surface area (Å²) < 4.78 is 38.9. The predicted octanol–water partition coefficient (Wildman–Crippen LogP) is 2.72. The Morgan fingerprint density at radius 1 is 1.03 bits per heavy atom. The van der Waals surface area contributed by atoms with E-state index < -0.39 is 10.0 Å². The van der Waals surface area contributed by atoms with Gasteiger partial charge in [0.25, 0.3) is 0 Å². The summed E-state index contributed by atoms with van der Waals surface area (Å²) in [6.45, 7) is 7.38. The molecule has 1 heterocycles. The van der Waals surface area contributed by atoms with Gasteiger partial charge in [0, 0.05) is 32.0 Å². The number of hydrogen-bond donors (Lipinski definition) is 2. The number of benzene rings is 2. The van der Waals surface area contributed by atoms with E-state index in [1.54, 1.807) is 6.07 Å². The highest BCUT2D eigenvalue weighted by Gasteiger charge is 2.20. The van der Waals surface area contributed by atoms with Gasteiger partial charge in [-0.2, -0.15) is 0 Å². The summed E-state index contributed by atoms with van der Waals surface area (Å²) >= 11 is 0. The topological polar surface area (TPSA) is 97.0 Å². The number of carbonyl (C=O) groups excluding carboxylic acids is 1. The number of likely N-dealkylation sites (N-methyl/N-ethyl adjacent to an activating group) is 1. The van der Waals surface area contributed by atoms with Crippen LogP contribution >= 0.6 is 0 Å². The molecule has 2 N–H and O–H groups in total. The minimum Gasteiger partial charge on any atom is -0.490 e. The number of rotatable bonds is 11. The van der Waals surface area contributed by atoms with Crippen LogP contribution in [0.3, 0.4) is 0 Å². The lowest BCUT2D eigenvalue weighted by Gasteiger charge is -2.30. The lowest BCUT2D eigenvalue weighted by atomic mass is 10.1. The summed E-state index contributed by atoms with van der Waals surface area (Å²) in [6.07, 6.45) is 0.785. The van der Waals surface area contributed by atoms with Crippen molar-refractivity contribution in [3.05, 3.63) is 54.1 Å². The van der Waals surface area contributed by atoms with E-state index in [-0.39, 0.29) is 29.8 Å². The third-order valence-corrected chi connectivity index (χ3v) is 7.06. The Morgan fingerprint density at radius 2 is 1.73 bits per heavy atom. The van der Waals surface area contributed by atoms with Crippen LogP contribution in [0.4, 0.5) is 0 Å². The van der Waals surface area contributed by atoms with Crippen molar-refractivity contribution >= 4 is 15.9 Å². The van der Waals surface area contributed by atoms with Crippen LogP contribution in [0.15, 0.2) is 53.4 Å². The van der Waals surface area contributed by atoms with Crippen LogP contribution in [0.5, 0.6) is 11.5 Å². The third kappa shape index (κ3) is 6.93.